The zero-order valence-corrected chi connectivity index (χ0v) is 11.6. The van der Waals surface area contributed by atoms with Gasteiger partial charge in [-0.05, 0) is 41.3 Å². The molecule has 2 N–H and O–H groups in total. The highest BCUT2D eigenvalue weighted by molar-refractivity contribution is 9.10. The van der Waals surface area contributed by atoms with Crippen LogP contribution in [0.3, 0.4) is 0 Å². The van der Waals surface area contributed by atoms with Crippen LogP contribution in [0.15, 0.2) is 22.7 Å². The first kappa shape index (κ1) is 14.0. The molecule has 0 unspecified atom stereocenters. The van der Waals surface area contributed by atoms with Gasteiger partial charge < -0.3 is 10.4 Å². The summed E-state index contributed by atoms with van der Waals surface area (Å²) < 4.78 is 0.151. The number of nitrogens with zero attached hydrogens (tertiary/aromatic N) is 1. The van der Waals surface area contributed by atoms with Gasteiger partial charge in [-0.1, -0.05) is 6.07 Å². The first-order valence-electron chi connectivity index (χ1n) is 5.86. The fraction of sp³-hybridized carbons (Fsp3) is 0.417. The summed E-state index contributed by atoms with van der Waals surface area (Å²) >= 11 is 3.07. The van der Waals surface area contributed by atoms with Gasteiger partial charge in [-0.2, -0.15) is 0 Å². The third-order valence-electron chi connectivity index (χ3n) is 3.28. The van der Waals surface area contributed by atoms with Gasteiger partial charge in [0.1, 0.15) is 4.47 Å². The summed E-state index contributed by atoms with van der Waals surface area (Å²) in [7, 11) is 0. The number of benzene rings is 1. The lowest BCUT2D eigenvalue weighted by molar-refractivity contribution is -0.385. The van der Waals surface area contributed by atoms with E-state index in [0.717, 1.165) is 6.42 Å². The highest BCUT2D eigenvalue weighted by atomic mass is 79.9. The molecule has 0 spiro atoms. The summed E-state index contributed by atoms with van der Waals surface area (Å²) in [6.45, 7) is 0.168. The Labute approximate surface area is 118 Å². The quantitative estimate of drug-likeness (QED) is 0.653. The SMILES string of the molecule is O=C(NCC1(O)CCC1)c1cccc([N+](=O)[O-])c1Br. The number of nitro groups is 1. The van der Waals surface area contributed by atoms with Crippen molar-refractivity contribution in [1.82, 2.24) is 5.32 Å². The molecule has 1 aromatic rings. The number of amides is 1. The molecule has 0 atom stereocenters. The summed E-state index contributed by atoms with van der Waals surface area (Å²) in [5.74, 6) is -0.434. The predicted octanol–water partition coefficient (Wildman–Crippen LogP) is 2.00. The first-order valence-corrected chi connectivity index (χ1v) is 6.66. The molecule has 0 aromatic heterocycles. The van der Waals surface area contributed by atoms with Crippen LogP contribution in [0.2, 0.25) is 0 Å². The fourth-order valence-electron chi connectivity index (χ4n) is 1.94. The normalized spacial score (nSPS) is 16.5. The molecular weight excluding hydrogens is 316 g/mol. The van der Waals surface area contributed by atoms with Crippen molar-refractivity contribution in [2.45, 2.75) is 24.9 Å². The van der Waals surface area contributed by atoms with Gasteiger partial charge in [0, 0.05) is 12.6 Å². The molecule has 19 heavy (non-hydrogen) atoms. The standard InChI is InChI=1S/C12H13BrN2O4/c13-10-8(3-1-4-9(10)15(18)19)11(16)14-7-12(17)5-2-6-12/h1,3-4,17H,2,5-7H2,(H,14,16). The van der Waals surface area contributed by atoms with Crippen molar-refractivity contribution >= 4 is 27.5 Å². The van der Waals surface area contributed by atoms with Gasteiger partial charge in [0.15, 0.2) is 0 Å². The monoisotopic (exact) mass is 328 g/mol. The largest absolute Gasteiger partial charge is 0.388 e. The Morgan fingerprint density at radius 2 is 2.21 bits per heavy atom. The van der Waals surface area contributed by atoms with Crippen molar-refractivity contribution < 1.29 is 14.8 Å². The molecule has 1 saturated carbocycles. The second-order valence-electron chi connectivity index (χ2n) is 4.66. The zero-order chi connectivity index (χ0) is 14.0. The maximum absolute atomic E-state index is 12.0. The van der Waals surface area contributed by atoms with Gasteiger partial charge in [-0.3, -0.25) is 14.9 Å². The first-order chi connectivity index (χ1) is 8.93. The van der Waals surface area contributed by atoms with Gasteiger partial charge in [-0.25, -0.2) is 0 Å². The van der Waals surface area contributed by atoms with Crippen LogP contribution in [0.25, 0.3) is 0 Å². The number of rotatable bonds is 4. The van der Waals surface area contributed by atoms with Crippen LogP contribution in [-0.4, -0.2) is 28.1 Å². The second kappa shape index (κ2) is 5.26. The van der Waals surface area contributed by atoms with Gasteiger partial charge in [-0.15, -0.1) is 0 Å². The smallest absolute Gasteiger partial charge is 0.284 e. The van der Waals surface area contributed by atoms with E-state index < -0.39 is 16.4 Å². The van der Waals surface area contributed by atoms with E-state index in [-0.39, 0.29) is 22.3 Å². The number of carbonyl (C=O) groups is 1. The van der Waals surface area contributed by atoms with Gasteiger partial charge in [0.2, 0.25) is 0 Å². The Hall–Kier alpha value is -1.47. The third kappa shape index (κ3) is 2.93. The number of halogens is 1. The summed E-state index contributed by atoms with van der Waals surface area (Å²) in [6.07, 6.45) is 2.29. The zero-order valence-electron chi connectivity index (χ0n) is 10.1. The van der Waals surface area contributed by atoms with Gasteiger partial charge >= 0.3 is 0 Å². The van der Waals surface area contributed by atoms with E-state index in [9.17, 15) is 20.0 Å². The van der Waals surface area contributed by atoms with Crippen LogP contribution in [0.5, 0.6) is 0 Å². The van der Waals surface area contributed by atoms with E-state index in [1.54, 1.807) is 0 Å². The van der Waals surface area contributed by atoms with E-state index in [1.807, 2.05) is 0 Å². The lowest BCUT2D eigenvalue weighted by Crippen LogP contribution is -2.47. The highest BCUT2D eigenvalue weighted by Crippen LogP contribution is 2.31. The van der Waals surface area contributed by atoms with Crippen molar-refractivity contribution in [3.63, 3.8) is 0 Å². The number of aliphatic hydroxyl groups is 1. The van der Waals surface area contributed by atoms with Gasteiger partial charge in [0.25, 0.3) is 11.6 Å². The minimum absolute atomic E-state index is 0.151. The average Bonchev–Trinajstić information content (AvgIpc) is 2.33. The van der Waals surface area contributed by atoms with Gasteiger partial charge in [0.05, 0.1) is 16.1 Å². The molecule has 1 aromatic carbocycles. The highest BCUT2D eigenvalue weighted by Gasteiger charge is 2.34. The van der Waals surface area contributed by atoms with Crippen molar-refractivity contribution in [2.75, 3.05) is 6.54 Å². The molecule has 0 bridgehead atoms. The number of nitro benzene ring substituents is 1. The maximum Gasteiger partial charge on any atom is 0.284 e. The molecule has 1 aliphatic carbocycles. The topological polar surface area (TPSA) is 92.5 Å². The van der Waals surface area contributed by atoms with Crippen molar-refractivity contribution in [1.29, 1.82) is 0 Å². The molecule has 7 heteroatoms. The van der Waals surface area contributed by atoms with Crippen LogP contribution in [0.1, 0.15) is 29.6 Å². The van der Waals surface area contributed by atoms with Crippen molar-refractivity contribution in [3.8, 4) is 0 Å². The molecule has 6 nitrogen and oxygen atoms in total. The number of carbonyl (C=O) groups excluding carboxylic acids is 1. The molecule has 2 rings (SSSR count). The van der Waals surface area contributed by atoms with Crippen LogP contribution >= 0.6 is 15.9 Å². The molecule has 1 amide bonds. The van der Waals surface area contributed by atoms with E-state index in [4.69, 9.17) is 0 Å². The van der Waals surface area contributed by atoms with Crippen molar-refractivity contribution in [3.05, 3.63) is 38.3 Å². The Morgan fingerprint density at radius 1 is 1.53 bits per heavy atom. The molecule has 1 aliphatic rings. The third-order valence-corrected chi connectivity index (χ3v) is 4.12. The minimum atomic E-state index is -0.817. The number of nitrogens with one attached hydrogen (secondary N) is 1. The molecule has 0 aliphatic heterocycles. The lowest BCUT2D eigenvalue weighted by atomic mass is 9.80. The number of hydrogen-bond donors (Lipinski definition) is 2. The van der Waals surface area contributed by atoms with Crippen LogP contribution < -0.4 is 5.32 Å². The molecular formula is C12H13BrN2O4. The number of hydrogen-bond acceptors (Lipinski definition) is 4. The summed E-state index contributed by atoms with van der Waals surface area (Å²) in [5, 5.41) is 23.3. The Bertz CT molecular complexity index is 528. The second-order valence-corrected chi connectivity index (χ2v) is 5.45. The molecule has 0 radical (unpaired) electrons. The van der Waals surface area contributed by atoms with E-state index in [0.29, 0.717) is 12.8 Å². The maximum atomic E-state index is 12.0. The van der Waals surface area contributed by atoms with E-state index in [2.05, 4.69) is 21.2 Å². The Morgan fingerprint density at radius 3 is 2.74 bits per heavy atom. The molecule has 0 saturated heterocycles. The Kier molecular flexibility index (Phi) is 3.86. The van der Waals surface area contributed by atoms with Crippen LogP contribution in [-0.2, 0) is 0 Å². The van der Waals surface area contributed by atoms with E-state index >= 15 is 0 Å². The summed E-state index contributed by atoms with van der Waals surface area (Å²) in [6, 6.07) is 4.27. The summed E-state index contributed by atoms with van der Waals surface area (Å²) in [4.78, 5) is 22.2. The average molecular weight is 329 g/mol. The summed E-state index contributed by atoms with van der Waals surface area (Å²) in [5.41, 5.74) is -0.782. The van der Waals surface area contributed by atoms with Crippen LogP contribution in [0.4, 0.5) is 5.69 Å². The Balaban J connectivity index is 2.10. The molecule has 1 fully saturated rings. The van der Waals surface area contributed by atoms with Crippen molar-refractivity contribution in [2.24, 2.45) is 0 Å². The molecule has 0 heterocycles. The van der Waals surface area contributed by atoms with Crippen LogP contribution in [0, 0.1) is 10.1 Å². The lowest BCUT2D eigenvalue weighted by Gasteiger charge is -2.36. The van der Waals surface area contributed by atoms with E-state index in [1.165, 1.54) is 18.2 Å². The minimum Gasteiger partial charge on any atom is -0.388 e. The fourth-order valence-corrected chi connectivity index (χ4v) is 2.53. The molecule has 102 valence electrons. The predicted molar refractivity (Wildman–Crippen MR) is 71.9 cm³/mol.